The Morgan fingerprint density at radius 3 is 2.55 bits per heavy atom. The van der Waals surface area contributed by atoms with Crippen molar-refractivity contribution in [1.82, 2.24) is 15.6 Å². The second kappa shape index (κ2) is 9.79. The largest absolute Gasteiger partial charge is 0.396 e. The molecule has 5 nitrogen and oxygen atoms in total. The van der Waals surface area contributed by atoms with Crippen LogP contribution in [-0.4, -0.2) is 35.7 Å². The predicted molar refractivity (Wildman–Crippen MR) is 94.4 cm³/mol. The van der Waals surface area contributed by atoms with Gasteiger partial charge in [-0.2, -0.15) is 0 Å². The third kappa shape index (κ3) is 5.57. The van der Waals surface area contributed by atoms with E-state index in [1.165, 1.54) is 4.88 Å². The van der Waals surface area contributed by atoms with Gasteiger partial charge in [-0.15, -0.1) is 11.3 Å². The summed E-state index contributed by atoms with van der Waals surface area (Å²) in [4.78, 5) is 10.1. The van der Waals surface area contributed by atoms with Crippen molar-refractivity contribution in [2.45, 2.75) is 53.5 Å². The van der Waals surface area contributed by atoms with Crippen molar-refractivity contribution in [3.63, 3.8) is 0 Å². The minimum atomic E-state index is 0.130. The van der Waals surface area contributed by atoms with E-state index in [4.69, 9.17) is 0 Å². The van der Waals surface area contributed by atoms with Crippen molar-refractivity contribution in [3.05, 3.63) is 16.1 Å². The summed E-state index contributed by atoms with van der Waals surface area (Å²) in [5, 5.41) is 16.0. The molecule has 0 aromatic carbocycles. The van der Waals surface area contributed by atoms with Gasteiger partial charge in [0, 0.05) is 24.6 Å². The molecule has 0 bridgehead atoms. The lowest BCUT2D eigenvalue weighted by Crippen LogP contribution is -2.43. The summed E-state index contributed by atoms with van der Waals surface area (Å²) in [6, 6.07) is 0. The van der Waals surface area contributed by atoms with Gasteiger partial charge in [0.2, 0.25) is 0 Å². The van der Waals surface area contributed by atoms with Crippen LogP contribution in [0.1, 0.15) is 50.6 Å². The molecule has 22 heavy (non-hydrogen) atoms. The van der Waals surface area contributed by atoms with Crippen molar-refractivity contribution in [1.29, 1.82) is 0 Å². The molecule has 6 heteroatoms. The zero-order valence-electron chi connectivity index (χ0n) is 14.3. The van der Waals surface area contributed by atoms with E-state index in [2.05, 4.69) is 41.4 Å². The van der Waals surface area contributed by atoms with Gasteiger partial charge in [-0.1, -0.05) is 13.8 Å². The molecule has 1 rings (SSSR count). The summed E-state index contributed by atoms with van der Waals surface area (Å²) >= 11 is 1.64. The van der Waals surface area contributed by atoms with Gasteiger partial charge in [0.1, 0.15) is 0 Å². The molecular weight excluding hydrogens is 296 g/mol. The van der Waals surface area contributed by atoms with Gasteiger partial charge in [-0.3, -0.25) is 0 Å². The topological polar surface area (TPSA) is 69.5 Å². The molecule has 0 saturated heterocycles. The first-order chi connectivity index (χ1) is 10.6. The monoisotopic (exact) mass is 326 g/mol. The number of thiazole rings is 1. The van der Waals surface area contributed by atoms with Gasteiger partial charge < -0.3 is 15.7 Å². The average molecular weight is 327 g/mol. The molecule has 0 radical (unpaired) electrons. The van der Waals surface area contributed by atoms with E-state index < -0.39 is 0 Å². The number of aliphatic hydroxyl groups is 1. The van der Waals surface area contributed by atoms with Crippen LogP contribution in [0.4, 0.5) is 0 Å². The Hall–Kier alpha value is -1.14. The van der Waals surface area contributed by atoms with Crippen LogP contribution in [-0.2, 0) is 6.54 Å². The molecule has 0 spiro atoms. The van der Waals surface area contributed by atoms with E-state index in [-0.39, 0.29) is 12.0 Å². The summed E-state index contributed by atoms with van der Waals surface area (Å²) in [5.41, 5.74) is 3.05. The molecule has 1 heterocycles. The Bertz CT molecular complexity index is 455. The lowest BCUT2D eigenvalue weighted by Gasteiger charge is -2.32. The molecule has 0 fully saturated rings. The first kappa shape index (κ1) is 18.9. The van der Waals surface area contributed by atoms with Gasteiger partial charge in [-0.25, -0.2) is 9.98 Å². The molecule has 0 aliphatic carbocycles. The zero-order chi connectivity index (χ0) is 16.4. The maximum Gasteiger partial charge on any atom is 0.191 e. The fraction of sp³-hybridized carbons (Fsp3) is 0.750. The first-order valence-corrected chi connectivity index (χ1v) is 9.00. The third-order valence-corrected chi connectivity index (χ3v) is 5.26. The summed E-state index contributed by atoms with van der Waals surface area (Å²) in [6.07, 6.45) is 2.91. The second-order valence-corrected chi connectivity index (χ2v) is 6.53. The highest BCUT2D eigenvalue weighted by Gasteiger charge is 2.25. The number of aliphatic imine (C=N–C) groups is 1. The van der Waals surface area contributed by atoms with E-state index in [1.807, 2.05) is 12.4 Å². The molecule has 3 N–H and O–H groups in total. The number of rotatable bonds is 9. The normalized spacial score (nSPS) is 12.5. The number of nitrogens with one attached hydrogen (secondary N) is 2. The molecule has 126 valence electrons. The molecule has 0 unspecified atom stereocenters. The number of aliphatic hydroxyl groups excluding tert-OH is 1. The van der Waals surface area contributed by atoms with Crippen molar-refractivity contribution >= 4 is 17.3 Å². The standard InChI is InChI=1S/C16H30N4OS/c1-5-16(6-2,8-9-21)11-19-15(17-7-3)18-10-14-13(4)20-12-22-14/h12,21H,5-11H2,1-4H3,(H2,17,18,19). The van der Waals surface area contributed by atoms with E-state index in [0.717, 1.165) is 44.0 Å². The fourth-order valence-corrected chi connectivity index (χ4v) is 3.12. The van der Waals surface area contributed by atoms with Crippen LogP contribution in [0.3, 0.4) is 0 Å². The molecule has 1 aromatic rings. The van der Waals surface area contributed by atoms with Crippen molar-refractivity contribution in [2.75, 3.05) is 19.7 Å². The number of aryl methyl sites for hydroxylation is 1. The van der Waals surface area contributed by atoms with Crippen LogP contribution >= 0.6 is 11.3 Å². The first-order valence-electron chi connectivity index (χ1n) is 8.12. The molecule has 0 atom stereocenters. The van der Waals surface area contributed by atoms with Gasteiger partial charge >= 0.3 is 0 Å². The van der Waals surface area contributed by atoms with Crippen LogP contribution in [0, 0.1) is 12.3 Å². The fourth-order valence-electron chi connectivity index (χ4n) is 2.42. The van der Waals surface area contributed by atoms with Crippen molar-refractivity contribution < 1.29 is 5.11 Å². The number of nitrogens with zero attached hydrogens (tertiary/aromatic N) is 2. The van der Waals surface area contributed by atoms with E-state index in [9.17, 15) is 5.11 Å². The Morgan fingerprint density at radius 1 is 1.32 bits per heavy atom. The SMILES string of the molecule is CCNC(=NCc1scnc1C)NCC(CC)(CC)CCO. The quantitative estimate of drug-likeness (QED) is 0.482. The maximum absolute atomic E-state index is 9.31. The lowest BCUT2D eigenvalue weighted by atomic mass is 9.79. The Kier molecular flexibility index (Phi) is 8.42. The van der Waals surface area contributed by atoms with Gasteiger partial charge in [-0.05, 0) is 38.5 Å². The third-order valence-electron chi connectivity index (χ3n) is 4.34. The number of hydrogen-bond acceptors (Lipinski definition) is 4. The van der Waals surface area contributed by atoms with Crippen LogP contribution in [0.5, 0.6) is 0 Å². The smallest absolute Gasteiger partial charge is 0.191 e. The molecule has 0 aliphatic heterocycles. The van der Waals surface area contributed by atoms with Gasteiger partial charge in [0.15, 0.2) is 5.96 Å². The van der Waals surface area contributed by atoms with Crippen LogP contribution in [0.25, 0.3) is 0 Å². The van der Waals surface area contributed by atoms with Gasteiger partial charge in [0.05, 0.1) is 17.7 Å². The minimum absolute atomic E-state index is 0.130. The Balaban J connectivity index is 2.68. The number of guanidine groups is 1. The van der Waals surface area contributed by atoms with Crippen molar-refractivity contribution in [2.24, 2.45) is 10.4 Å². The summed E-state index contributed by atoms with van der Waals surface area (Å²) < 4.78 is 0. The maximum atomic E-state index is 9.31. The molecule has 1 aromatic heterocycles. The Morgan fingerprint density at radius 2 is 2.05 bits per heavy atom. The average Bonchev–Trinajstić information content (AvgIpc) is 2.94. The Labute approximate surface area is 138 Å². The minimum Gasteiger partial charge on any atom is -0.396 e. The molecule has 0 amide bonds. The van der Waals surface area contributed by atoms with Crippen molar-refractivity contribution in [3.8, 4) is 0 Å². The molecular formula is C16H30N4OS. The van der Waals surface area contributed by atoms with Gasteiger partial charge in [0.25, 0.3) is 0 Å². The highest BCUT2D eigenvalue weighted by atomic mass is 32.1. The zero-order valence-corrected chi connectivity index (χ0v) is 15.1. The summed E-state index contributed by atoms with van der Waals surface area (Å²) in [7, 11) is 0. The molecule has 0 aliphatic rings. The highest BCUT2D eigenvalue weighted by Crippen LogP contribution is 2.29. The molecule has 0 saturated carbocycles. The van der Waals surface area contributed by atoms with Crippen LogP contribution in [0.2, 0.25) is 0 Å². The predicted octanol–water partition coefficient (Wildman–Crippen LogP) is 2.70. The second-order valence-electron chi connectivity index (χ2n) is 5.59. The van der Waals surface area contributed by atoms with Crippen LogP contribution < -0.4 is 10.6 Å². The number of aromatic nitrogens is 1. The van der Waals surface area contributed by atoms with Crippen LogP contribution in [0.15, 0.2) is 10.5 Å². The number of hydrogen-bond donors (Lipinski definition) is 3. The summed E-state index contributed by atoms with van der Waals surface area (Å²) in [6.45, 7) is 11.0. The van der Waals surface area contributed by atoms with E-state index in [0.29, 0.717) is 6.54 Å². The highest BCUT2D eigenvalue weighted by molar-refractivity contribution is 7.09. The van der Waals surface area contributed by atoms with E-state index >= 15 is 0 Å². The van der Waals surface area contributed by atoms with E-state index in [1.54, 1.807) is 11.3 Å². The lowest BCUT2D eigenvalue weighted by molar-refractivity contribution is 0.169. The summed E-state index contributed by atoms with van der Waals surface area (Å²) in [5.74, 6) is 0.833.